The molecule has 0 aliphatic heterocycles. The van der Waals surface area contributed by atoms with Crippen LogP contribution in [0, 0.1) is 0 Å². The first-order valence-corrected chi connectivity index (χ1v) is 9.35. The first-order chi connectivity index (χ1) is 11.6. The van der Waals surface area contributed by atoms with Gasteiger partial charge in [0.25, 0.3) is 0 Å². The van der Waals surface area contributed by atoms with E-state index in [4.69, 9.17) is 4.74 Å². The van der Waals surface area contributed by atoms with E-state index in [1.165, 1.54) is 0 Å². The molecule has 0 aliphatic rings. The molecule has 2 aromatic carbocycles. The summed E-state index contributed by atoms with van der Waals surface area (Å²) in [5.41, 5.74) is 2.17. The summed E-state index contributed by atoms with van der Waals surface area (Å²) >= 11 is 0. The molecule has 0 aliphatic carbocycles. The second kappa shape index (κ2) is 7.07. The lowest BCUT2D eigenvalue weighted by atomic mass is 10.1. The smallest absolute Gasteiger partial charge is 0.240 e. The number of hydrogen-bond donors (Lipinski definition) is 2. The summed E-state index contributed by atoms with van der Waals surface area (Å²) in [6.07, 6.45) is 2.53. The highest BCUT2D eigenvalue weighted by atomic mass is 32.2. The Bertz CT molecular complexity index is 915. The Balaban J connectivity index is 1.61. The van der Waals surface area contributed by atoms with Crippen LogP contribution in [0.4, 0.5) is 0 Å². The van der Waals surface area contributed by atoms with Crippen molar-refractivity contribution in [3.63, 3.8) is 0 Å². The zero-order valence-electron chi connectivity index (χ0n) is 13.5. The number of H-pyrrole nitrogens is 1. The van der Waals surface area contributed by atoms with Crippen LogP contribution in [0.5, 0.6) is 5.75 Å². The van der Waals surface area contributed by atoms with Crippen LogP contribution < -0.4 is 9.46 Å². The summed E-state index contributed by atoms with van der Waals surface area (Å²) < 4.78 is 32.6. The average molecular weight is 344 g/mol. The molecule has 6 heteroatoms. The molecule has 0 atom stereocenters. The first-order valence-electron chi connectivity index (χ1n) is 7.87. The van der Waals surface area contributed by atoms with Crippen LogP contribution in [0.1, 0.15) is 12.5 Å². The summed E-state index contributed by atoms with van der Waals surface area (Å²) in [7, 11) is -3.51. The number of rotatable bonds is 7. The van der Waals surface area contributed by atoms with Gasteiger partial charge in [0.2, 0.25) is 10.0 Å². The molecule has 0 bridgehead atoms. The van der Waals surface area contributed by atoms with E-state index in [0.717, 1.165) is 16.5 Å². The Morgan fingerprint density at radius 1 is 1.08 bits per heavy atom. The van der Waals surface area contributed by atoms with E-state index < -0.39 is 10.0 Å². The fourth-order valence-corrected chi connectivity index (χ4v) is 3.58. The van der Waals surface area contributed by atoms with Crippen molar-refractivity contribution < 1.29 is 13.2 Å². The van der Waals surface area contributed by atoms with Crippen molar-refractivity contribution in [3.05, 3.63) is 60.3 Å². The molecule has 0 amide bonds. The Hall–Kier alpha value is -2.31. The van der Waals surface area contributed by atoms with Crippen LogP contribution in [0.25, 0.3) is 10.9 Å². The molecule has 0 spiro atoms. The van der Waals surface area contributed by atoms with Crippen LogP contribution >= 0.6 is 0 Å². The second-order valence-corrected chi connectivity index (χ2v) is 7.22. The molecule has 2 N–H and O–H groups in total. The third kappa shape index (κ3) is 3.77. The molecular formula is C18H20N2O3S. The molecule has 24 heavy (non-hydrogen) atoms. The van der Waals surface area contributed by atoms with E-state index in [1.54, 1.807) is 24.3 Å². The number of aromatic nitrogens is 1. The Kier molecular flexibility index (Phi) is 4.87. The maximum Gasteiger partial charge on any atom is 0.240 e. The van der Waals surface area contributed by atoms with Crippen LogP contribution in [0.3, 0.4) is 0 Å². The Labute approximate surface area is 141 Å². The van der Waals surface area contributed by atoms with Crippen molar-refractivity contribution in [1.29, 1.82) is 0 Å². The van der Waals surface area contributed by atoms with E-state index in [1.807, 2.05) is 31.3 Å². The van der Waals surface area contributed by atoms with Crippen LogP contribution in [-0.2, 0) is 16.4 Å². The standard InChI is InChI=1S/C18H20N2O3S/c1-2-23-16-4-6-17(7-5-16)24(21,22)20-12-9-14-3-8-18-15(13-14)10-11-19-18/h3-8,10-11,13,19-20H,2,9,12H2,1H3. The molecule has 3 aromatic rings. The number of sulfonamides is 1. The summed E-state index contributed by atoms with van der Waals surface area (Å²) in [4.78, 5) is 3.38. The highest BCUT2D eigenvalue weighted by Gasteiger charge is 2.13. The molecule has 126 valence electrons. The van der Waals surface area contributed by atoms with E-state index >= 15 is 0 Å². The number of ether oxygens (including phenoxy) is 1. The van der Waals surface area contributed by atoms with Crippen molar-refractivity contribution in [3.8, 4) is 5.75 Å². The number of aromatic amines is 1. The van der Waals surface area contributed by atoms with Crippen molar-refractivity contribution in [1.82, 2.24) is 9.71 Å². The third-order valence-electron chi connectivity index (χ3n) is 3.77. The van der Waals surface area contributed by atoms with Crippen LogP contribution in [0.2, 0.25) is 0 Å². The fraction of sp³-hybridized carbons (Fsp3) is 0.222. The van der Waals surface area contributed by atoms with Gasteiger partial charge >= 0.3 is 0 Å². The monoisotopic (exact) mass is 344 g/mol. The molecule has 0 saturated heterocycles. The number of nitrogens with one attached hydrogen (secondary N) is 2. The van der Waals surface area contributed by atoms with Crippen molar-refractivity contribution >= 4 is 20.9 Å². The molecule has 0 fully saturated rings. The van der Waals surface area contributed by atoms with Gasteiger partial charge in [-0.3, -0.25) is 0 Å². The van der Waals surface area contributed by atoms with Crippen LogP contribution in [0.15, 0.2) is 59.6 Å². The van der Waals surface area contributed by atoms with Gasteiger partial charge in [0, 0.05) is 18.3 Å². The number of fused-ring (bicyclic) bond motifs is 1. The van der Waals surface area contributed by atoms with Gasteiger partial charge in [-0.25, -0.2) is 13.1 Å². The van der Waals surface area contributed by atoms with Gasteiger partial charge < -0.3 is 9.72 Å². The van der Waals surface area contributed by atoms with Gasteiger partial charge in [0.15, 0.2) is 0 Å². The van der Waals surface area contributed by atoms with E-state index in [9.17, 15) is 8.42 Å². The predicted molar refractivity (Wildman–Crippen MR) is 94.8 cm³/mol. The summed E-state index contributed by atoms with van der Waals surface area (Å²) in [6.45, 7) is 2.79. The van der Waals surface area contributed by atoms with Crippen molar-refractivity contribution in [2.75, 3.05) is 13.2 Å². The molecule has 5 nitrogen and oxygen atoms in total. The SMILES string of the molecule is CCOc1ccc(S(=O)(=O)NCCc2ccc3[nH]ccc3c2)cc1. The highest BCUT2D eigenvalue weighted by Crippen LogP contribution is 2.17. The Morgan fingerprint density at radius 3 is 2.62 bits per heavy atom. The lowest BCUT2D eigenvalue weighted by Gasteiger charge is -2.08. The largest absolute Gasteiger partial charge is 0.494 e. The van der Waals surface area contributed by atoms with Crippen molar-refractivity contribution in [2.45, 2.75) is 18.2 Å². The predicted octanol–water partition coefficient (Wildman–Crippen LogP) is 3.09. The quantitative estimate of drug-likeness (QED) is 0.692. The van der Waals surface area contributed by atoms with E-state index in [2.05, 4.69) is 15.8 Å². The molecule has 0 radical (unpaired) electrons. The van der Waals surface area contributed by atoms with Gasteiger partial charge in [-0.2, -0.15) is 0 Å². The molecule has 1 heterocycles. The maximum absolute atomic E-state index is 12.3. The lowest BCUT2D eigenvalue weighted by Crippen LogP contribution is -2.25. The minimum Gasteiger partial charge on any atom is -0.494 e. The lowest BCUT2D eigenvalue weighted by molar-refractivity contribution is 0.340. The van der Waals surface area contributed by atoms with Crippen molar-refractivity contribution in [2.24, 2.45) is 0 Å². The average Bonchev–Trinajstić information content (AvgIpc) is 3.03. The zero-order valence-corrected chi connectivity index (χ0v) is 14.3. The van der Waals surface area contributed by atoms with E-state index in [0.29, 0.717) is 25.3 Å². The molecule has 0 unspecified atom stereocenters. The minimum absolute atomic E-state index is 0.243. The molecule has 0 saturated carbocycles. The van der Waals surface area contributed by atoms with Gasteiger partial charge in [0.05, 0.1) is 11.5 Å². The zero-order chi connectivity index (χ0) is 17.0. The topological polar surface area (TPSA) is 71.2 Å². The van der Waals surface area contributed by atoms with Gasteiger partial charge in [-0.1, -0.05) is 6.07 Å². The molecular weight excluding hydrogens is 324 g/mol. The van der Waals surface area contributed by atoms with Gasteiger partial charge in [-0.05, 0) is 66.8 Å². The second-order valence-electron chi connectivity index (χ2n) is 5.45. The fourth-order valence-electron chi connectivity index (χ4n) is 2.55. The van der Waals surface area contributed by atoms with Gasteiger partial charge in [0.1, 0.15) is 5.75 Å². The molecule has 3 rings (SSSR count). The third-order valence-corrected chi connectivity index (χ3v) is 5.25. The minimum atomic E-state index is -3.51. The highest BCUT2D eigenvalue weighted by molar-refractivity contribution is 7.89. The number of benzene rings is 2. The normalized spacial score (nSPS) is 11.7. The Morgan fingerprint density at radius 2 is 1.88 bits per heavy atom. The molecule has 1 aromatic heterocycles. The first kappa shape index (κ1) is 16.5. The van der Waals surface area contributed by atoms with Gasteiger partial charge in [-0.15, -0.1) is 0 Å². The summed E-state index contributed by atoms with van der Waals surface area (Å²) in [6, 6.07) is 14.5. The van der Waals surface area contributed by atoms with E-state index in [-0.39, 0.29) is 4.90 Å². The number of hydrogen-bond acceptors (Lipinski definition) is 3. The summed E-state index contributed by atoms with van der Waals surface area (Å²) in [5, 5.41) is 1.13. The summed E-state index contributed by atoms with van der Waals surface area (Å²) in [5.74, 6) is 0.663. The van der Waals surface area contributed by atoms with Crippen LogP contribution in [-0.4, -0.2) is 26.6 Å². The maximum atomic E-state index is 12.3.